The zero-order valence-electron chi connectivity index (χ0n) is 9.40. The SMILES string of the molecule is COC(=O)[C@@H](C(C)=O)C(=O)c1ccc(F)cc1. The minimum Gasteiger partial charge on any atom is -0.468 e. The van der Waals surface area contributed by atoms with Crippen LogP contribution < -0.4 is 0 Å². The van der Waals surface area contributed by atoms with Crippen LogP contribution in [0.3, 0.4) is 0 Å². The predicted molar refractivity (Wildman–Crippen MR) is 56.9 cm³/mol. The summed E-state index contributed by atoms with van der Waals surface area (Å²) in [5.41, 5.74) is 0.0944. The normalized spacial score (nSPS) is 11.7. The van der Waals surface area contributed by atoms with Crippen molar-refractivity contribution in [2.75, 3.05) is 7.11 Å². The Labute approximate surface area is 97.4 Å². The molecule has 1 aromatic rings. The van der Waals surface area contributed by atoms with Crippen LogP contribution >= 0.6 is 0 Å². The molecule has 0 N–H and O–H groups in total. The fraction of sp³-hybridized carbons (Fsp3) is 0.250. The molecule has 0 aliphatic rings. The number of benzene rings is 1. The van der Waals surface area contributed by atoms with Gasteiger partial charge in [-0.05, 0) is 31.2 Å². The lowest BCUT2D eigenvalue weighted by atomic mass is 9.94. The first-order valence-corrected chi connectivity index (χ1v) is 4.85. The van der Waals surface area contributed by atoms with Gasteiger partial charge in [-0.15, -0.1) is 0 Å². The van der Waals surface area contributed by atoms with E-state index in [0.717, 1.165) is 26.2 Å². The number of carbonyl (C=O) groups excluding carboxylic acids is 3. The number of ketones is 2. The van der Waals surface area contributed by atoms with Crippen molar-refractivity contribution in [3.8, 4) is 0 Å². The molecule has 0 amide bonds. The number of hydrogen-bond donors (Lipinski definition) is 0. The Morgan fingerprint density at radius 3 is 2.12 bits per heavy atom. The monoisotopic (exact) mass is 238 g/mol. The highest BCUT2D eigenvalue weighted by atomic mass is 19.1. The van der Waals surface area contributed by atoms with Crippen LogP contribution in [0.25, 0.3) is 0 Å². The molecule has 0 saturated heterocycles. The van der Waals surface area contributed by atoms with Crippen LogP contribution in [0.1, 0.15) is 17.3 Å². The van der Waals surface area contributed by atoms with E-state index in [2.05, 4.69) is 4.74 Å². The smallest absolute Gasteiger partial charge is 0.324 e. The molecule has 5 heteroatoms. The van der Waals surface area contributed by atoms with Gasteiger partial charge in [0.15, 0.2) is 17.5 Å². The van der Waals surface area contributed by atoms with E-state index in [-0.39, 0.29) is 5.56 Å². The largest absolute Gasteiger partial charge is 0.468 e. The molecule has 1 atom stereocenters. The van der Waals surface area contributed by atoms with Crippen molar-refractivity contribution in [2.24, 2.45) is 5.92 Å². The Balaban J connectivity index is 3.04. The highest BCUT2D eigenvalue weighted by Gasteiger charge is 2.32. The van der Waals surface area contributed by atoms with Crippen LogP contribution in [-0.4, -0.2) is 24.6 Å². The fourth-order valence-corrected chi connectivity index (χ4v) is 1.36. The summed E-state index contributed by atoms with van der Waals surface area (Å²) >= 11 is 0. The molecule has 0 radical (unpaired) electrons. The topological polar surface area (TPSA) is 60.4 Å². The third-order valence-electron chi connectivity index (χ3n) is 2.23. The number of ether oxygens (including phenoxy) is 1. The summed E-state index contributed by atoms with van der Waals surface area (Å²) < 4.78 is 17.0. The van der Waals surface area contributed by atoms with Crippen molar-refractivity contribution in [3.05, 3.63) is 35.6 Å². The van der Waals surface area contributed by atoms with Gasteiger partial charge in [0, 0.05) is 5.56 Å². The van der Waals surface area contributed by atoms with Gasteiger partial charge in [-0.1, -0.05) is 0 Å². The van der Waals surface area contributed by atoms with E-state index < -0.39 is 29.3 Å². The van der Waals surface area contributed by atoms with Crippen molar-refractivity contribution in [3.63, 3.8) is 0 Å². The number of rotatable bonds is 4. The highest BCUT2D eigenvalue weighted by Crippen LogP contribution is 2.12. The van der Waals surface area contributed by atoms with Gasteiger partial charge in [-0.3, -0.25) is 14.4 Å². The van der Waals surface area contributed by atoms with Crippen LogP contribution in [0.4, 0.5) is 4.39 Å². The molecule has 0 fully saturated rings. The Hall–Kier alpha value is -2.04. The average molecular weight is 238 g/mol. The first kappa shape index (κ1) is 13.0. The number of halogens is 1. The van der Waals surface area contributed by atoms with E-state index in [0.29, 0.717) is 0 Å². The van der Waals surface area contributed by atoms with Crippen molar-refractivity contribution in [1.29, 1.82) is 0 Å². The summed E-state index contributed by atoms with van der Waals surface area (Å²) in [7, 11) is 1.09. The molecule has 4 nitrogen and oxygen atoms in total. The number of hydrogen-bond acceptors (Lipinski definition) is 4. The molecule has 0 spiro atoms. The van der Waals surface area contributed by atoms with Crippen molar-refractivity contribution < 1.29 is 23.5 Å². The maximum absolute atomic E-state index is 12.7. The molecular weight excluding hydrogens is 227 g/mol. The number of methoxy groups -OCH3 is 1. The lowest BCUT2D eigenvalue weighted by Gasteiger charge is -2.10. The fourth-order valence-electron chi connectivity index (χ4n) is 1.36. The molecule has 0 aliphatic carbocycles. The summed E-state index contributed by atoms with van der Waals surface area (Å²) in [6.07, 6.45) is 0. The third kappa shape index (κ3) is 2.96. The zero-order valence-corrected chi connectivity index (χ0v) is 9.40. The Morgan fingerprint density at radius 2 is 1.71 bits per heavy atom. The Bertz CT molecular complexity index is 450. The van der Waals surface area contributed by atoms with Gasteiger partial charge >= 0.3 is 5.97 Å². The second-order valence-electron chi connectivity index (χ2n) is 3.44. The second kappa shape index (κ2) is 5.34. The van der Waals surface area contributed by atoms with Gasteiger partial charge in [-0.25, -0.2) is 4.39 Å². The van der Waals surface area contributed by atoms with Gasteiger partial charge in [0.1, 0.15) is 5.82 Å². The quantitative estimate of drug-likeness (QED) is 0.451. The summed E-state index contributed by atoms with van der Waals surface area (Å²) in [5, 5.41) is 0. The summed E-state index contributed by atoms with van der Waals surface area (Å²) in [6.45, 7) is 1.13. The van der Waals surface area contributed by atoms with E-state index in [1.807, 2.05) is 0 Å². The Morgan fingerprint density at radius 1 is 1.18 bits per heavy atom. The van der Waals surface area contributed by atoms with E-state index >= 15 is 0 Å². The van der Waals surface area contributed by atoms with Gasteiger partial charge in [0.05, 0.1) is 7.11 Å². The zero-order chi connectivity index (χ0) is 13.0. The maximum atomic E-state index is 12.7. The molecule has 0 heterocycles. The third-order valence-corrected chi connectivity index (χ3v) is 2.23. The maximum Gasteiger partial charge on any atom is 0.324 e. The summed E-state index contributed by atoms with van der Waals surface area (Å²) in [6, 6.07) is 4.61. The standard InChI is InChI=1S/C12H11FO4/c1-7(14)10(12(16)17-2)11(15)8-3-5-9(13)6-4-8/h3-6,10H,1-2H3/t10-/m0/s1. The molecule has 90 valence electrons. The molecule has 0 bridgehead atoms. The molecule has 1 aromatic carbocycles. The number of esters is 1. The summed E-state index contributed by atoms with van der Waals surface area (Å²) in [4.78, 5) is 34.4. The van der Waals surface area contributed by atoms with Crippen LogP contribution in [0, 0.1) is 11.7 Å². The van der Waals surface area contributed by atoms with Gasteiger partial charge in [-0.2, -0.15) is 0 Å². The van der Waals surface area contributed by atoms with Crippen LogP contribution in [0.15, 0.2) is 24.3 Å². The first-order chi connectivity index (χ1) is 7.97. The van der Waals surface area contributed by atoms with E-state index in [1.165, 1.54) is 12.1 Å². The molecule has 0 aromatic heterocycles. The van der Waals surface area contributed by atoms with Gasteiger partial charge in [0.2, 0.25) is 0 Å². The summed E-state index contributed by atoms with van der Waals surface area (Å²) in [5.74, 6) is -4.19. The minimum atomic E-state index is -1.48. The van der Waals surface area contributed by atoms with E-state index in [9.17, 15) is 18.8 Å². The molecule has 0 unspecified atom stereocenters. The van der Waals surface area contributed by atoms with E-state index in [4.69, 9.17) is 0 Å². The first-order valence-electron chi connectivity index (χ1n) is 4.85. The average Bonchev–Trinajstić information content (AvgIpc) is 2.29. The molecule has 1 rings (SSSR count). The van der Waals surface area contributed by atoms with Crippen LogP contribution in [-0.2, 0) is 14.3 Å². The predicted octanol–water partition coefficient (Wildman–Crippen LogP) is 1.39. The van der Waals surface area contributed by atoms with Gasteiger partial charge < -0.3 is 4.74 Å². The molecule has 0 aliphatic heterocycles. The number of Topliss-reactive ketones (excluding diaryl/α,β-unsaturated/α-hetero) is 2. The Kier molecular flexibility index (Phi) is 4.09. The number of carbonyl (C=O) groups is 3. The van der Waals surface area contributed by atoms with E-state index in [1.54, 1.807) is 0 Å². The lowest BCUT2D eigenvalue weighted by molar-refractivity contribution is -0.146. The second-order valence-corrected chi connectivity index (χ2v) is 3.44. The van der Waals surface area contributed by atoms with Crippen molar-refractivity contribution in [1.82, 2.24) is 0 Å². The van der Waals surface area contributed by atoms with Crippen molar-refractivity contribution in [2.45, 2.75) is 6.92 Å². The molecule has 17 heavy (non-hydrogen) atoms. The molecule has 0 saturated carbocycles. The molecular formula is C12H11FO4. The van der Waals surface area contributed by atoms with Crippen molar-refractivity contribution >= 4 is 17.5 Å². The highest BCUT2D eigenvalue weighted by molar-refractivity contribution is 6.21. The lowest BCUT2D eigenvalue weighted by Crippen LogP contribution is -2.31. The van der Waals surface area contributed by atoms with Crippen LogP contribution in [0.2, 0.25) is 0 Å². The van der Waals surface area contributed by atoms with Gasteiger partial charge in [0.25, 0.3) is 0 Å². The van der Waals surface area contributed by atoms with Crippen LogP contribution in [0.5, 0.6) is 0 Å². The minimum absolute atomic E-state index is 0.0944.